The number of hydrazine groups is 1. The van der Waals surface area contributed by atoms with Crippen molar-refractivity contribution in [3.63, 3.8) is 0 Å². The third kappa shape index (κ3) is 5.74. The first-order valence-corrected chi connectivity index (χ1v) is 12.9. The predicted octanol–water partition coefficient (Wildman–Crippen LogP) is 4.09. The van der Waals surface area contributed by atoms with Gasteiger partial charge in [0.05, 0.1) is 20.3 Å². The van der Waals surface area contributed by atoms with Gasteiger partial charge < -0.3 is 20.9 Å². The van der Waals surface area contributed by atoms with Gasteiger partial charge >= 0.3 is 0 Å². The fourth-order valence-corrected chi connectivity index (χ4v) is 5.02. The Morgan fingerprint density at radius 2 is 1.82 bits per heavy atom. The molecule has 1 aliphatic rings. The maximum absolute atomic E-state index is 13.6. The second-order valence-electron chi connectivity index (χ2n) is 9.52. The van der Waals surface area contributed by atoms with E-state index in [-0.39, 0.29) is 17.9 Å². The Balaban J connectivity index is 1.45. The molecule has 4 aromatic rings. The SMILES string of the molecule is COc1cc(Cc2cnc(N)nc2N)cc(/C=C/C(=O)N2NCc3ccccc3[C@@H]2Cc2ccccc2)c1OC. The maximum atomic E-state index is 13.6. The number of nitrogens with zero attached hydrogens (tertiary/aromatic N) is 3. The van der Waals surface area contributed by atoms with Crippen LogP contribution in [0.1, 0.15) is 39.4 Å². The van der Waals surface area contributed by atoms with E-state index in [1.807, 2.05) is 42.5 Å². The summed E-state index contributed by atoms with van der Waals surface area (Å²) in [6.07, 6.45) is 6.05. The summed E-state index contributed by atoms with van der Waals surface area (Å²) in [7, 11) is 3.14. The van der Waals surface area contributed by atoms with Crippen LogP contribution in [-0.4, -0.2) is 35.1 Å². The first kappa shape index (κ1) is 26.7. The molecule has 9 nitrogen and oxygen atoms in total. The van der Waals surface area contributed by atoms with Gasteiger partial charge in [0.2, 0.25) is 5.95 Å². The maximum Gasteiger partial charge on any atom is 0.261 e. The third-order valence-corrected chi connectivity index (χ3v) is 6.96. The number of methoxy groups -OCH3 is 2. The number of hydrogen-bond acceptors (Lipinski definition) is 8. The summed E-state index contributed by atoms with van der Waals surface area (Å²) in [4.78, 5) is 21.8. The molecule has 5 rings (SSSR count). The number of nitrogens with one attached hydrogen (secondary N) is 1. The van der Waals surface area contributed by atoms with E-state index in [0.717, 1.165) is 22.3 Å². The molecule has 9 heteroatoms. The molecule has 0 saturated carbocycles. The van der Waals surface area contributed by atoms with Crippen LogP contribution in [0.15, 0.2) is 79.0 Å². The van der Waals surface area contributed by atoms with Gasteiger partial charge in [0.25, 0.3) is 5.91 Å². The van der Waals surface area contributed by atoms with E-state index in [9.17, 15) is 4.79 Å². The topological polar surface area (TPSA) is 129 Å². The molecule has 0 unspecified atom stereocenters. The standard InChI is InChI=1S/C31H32N6O3/c1-39-27-17-21(15-24-18-34-31(33)36-30(24)32)14-22(29(27)40-2)12-13-28(38)37-26(16-20-8-4-3-5-9-20)25-11-7-6-10-23(25)19-35-37/h3-14,17-18,26,35H,15-16,19H2,1-2H3,(H4,32,33,34,36)/b13-12+/t26-/m0/s1. The van der Waals surface area contributed by atoms with E-state index in [1.54, 1.807) is 37.6 Å². The molecule has 0 saturated heterocycles. The smallest absolute Gasteiger partial charge is 0.261 e. The van der Waals surface area contributed by atoms with Crippen LogP contribution in [0.5, 0.6) is 11.5 Å². The Hall–Kier alpha value is -4.89. The van der Waals surface area contributed by atoms with Crippen molar-refractivity contribution < 1.29 is 14.3 Å². The van der Waals surface area contributed by atoms with Crippen LogP contribution in [-0.2, 0) is 24.2 Å². The lowest BCUT2D eigenvalue weighted by molar-refractivity contribution is -0.133. The molecule has 1 atom stereocenters. The number of fused-ring (bicyclic) bond motifs is 1. The van der Waals surface area contributed by atoms with Gasteiger partial charge in [-0.1, -0.05) is 54.6 Å². The van der Waals surface area contributed by atoms with Crippen molar-refractivity contribution in [2.75, 3.05) is 25.7 Å². The Bertz CT molecular complexity index is 1540. The average molecular weight is 537 g/mol. The van der Waals surface area contributed by atoms with E-state index >= 15 is 0 Å². The Morgan fingerprint density at radius 3 is 2.58 bits per heavy atom. The van der Waals surface area contributed by atoms with Crippen molar-refractivity contribution in [3.8, 4) is 11.5 Å². The molecule has 0 spiro atoms. The van der Waals surface area contributed by atoms with Crippen LogP contribution in [0.4, 0.5) is 11.8 Å². The zero-order valence-corrected chi connectivity index (χ0v) is 22.5. The monoisotopic (exact) mass is 536 g/mol. The second kappa shape index (κ2) is 11.9. The van der Waals surface area contributed by atoms with Gasteiger partial charge in [0.15, 0.2) is 11.5 Å². The average Bonchev–Trinajstić information content (AvgIpc) is 2.97. The van der Waals surface area contributed by atoms with Crippen LogP contribution in [0, 0.1) is 0 Å². The van der Waals surface area contributed by atoms with Crippen LogP contribution in [0.2, 0.25) is 0 Å². The lowest BCUT2D eigenvalue weighted by Gasteiger charge is -2.37. The zero-order chi connectivity index (χ0) is 28.1. The lowest BCUT2D eigenvalue weighted by atomic mass is 9.92. The minimum atomic E-state index is -0.168. The quantitative estimate of drug-likeness (QED) is 0.287. The van der Waals surface area contributed by atoms with E-state index in [2.05, 4.69) is 39.7 Å². The Labute approximate surface area is 233 Å². The molecular formula is C31H32N6O3. The summed E-state index contributed by atoms with van der Waals surface area (Å²) in [5.74, 6) is 1.33. The number of nitrogens with two attached hydrogens (primary N) is 2. The van der Waals surface area contributed by atoms with Gasteiger partial charge in [0.1, 0.15) is 5.82 Å². The number of carbonyl (C=O) groups is 1. The molecule has 0 aliphatic carbocycles. The van der Waals surface area contributed by atoms with Gasteiger partial charge in [-0.15, -0.1) is 0 Å². The van der Waals surface area contributed by atoms with Crippen molar-refractivity contribution in [1.29, 1.82) is 0 Å². The number of anilines is 2. The number of ether oxygens (including phenoxy) is 2. The van der Waals surface area contributed by atoms with Crippen molar-refractivity contribution in [3.05, 3.63) is 112 Å². The van der Waals surface area contributed by atoms with Crippen molar-refractivity contribution in [2.24, 2.45) is 0 Å². The number of aromatic nitrogens is 2. The fraction of sp³-hybridized carbons (Fsp3) is 0.194. The molecule has 0 fully saturated rings. The van der Waals surface area contributed by atoms with Crippen LogP contribution < -0.4 is 26.4 Å². The Morgan fingerprint density at radius 1 is 1.05 bits per heavy atom. The largest absolute Gasteiger partial charge is 0.493 e. The summed E-state index contributed by atoms with van der Waals surface area (Å²) in [6, 6.07) is 22.0. The Kier molecular flexibility index (Phi) is 7.93. The third-order valence-electron chi connectivity index (χ3n) is 6.96. The first-order chi connectivity index (χ1) is 19.5. The van der Waals surface area contributed by atoms with Crippen LogP contribution >= 0.6 is 0 Å². The lowest BCUT2D eigenvalue weighted by Crippen LogP contribution is -2.48. The highest BCUT2D eigenvalue weighted by atomic mass is 16.5. The van der Waals surface area contributed by atoms with E-state index in [1.165, 1.54) is 5.56 Å². The number of benzene rings is 3. The first-order valence-electron chi connectivity index (χ1n) is 12.9. The molecule has 3 aromatic carbocycles. The van der Waals surface area contributed by atoms with Crippen molar-refractivity contribution in [2.45, 2.75) is 25.4 Å². The van der Waals surface area contributed by atoms with Gasteiger partial charge in [-0.25, -0.2) is 10.4 Å². The highest BCUT2D eigenvalue weighted by Crippen LogP contribution is 2.35. The number of amides is 1. The summed E-state index contributed by atoms with van der Waals surface area (Å²) >= 11 is 0. The number of rotatable bonds is 8. The highest BCUT2D eigenvalue weighted by molar-refractivity contribution is 5.92. The molecule has 1 aliphatic heterocycles. The van der Waals surface area contributed by atoms with Crippen molar-refractivity contribution in [1.82, 2.24) is 20.4 Å². The van der Waals surface area contributed by atoms with Gasteiger partial charge in [-0.3, -0.25) is 9.80 Å². The second-order valence-corrected chi connectivity index (χ2v) is 9.52. The van der Waals surface area contributed by atoms with Gasteiger partial charge in [-0.2, -0.15) is 4.98 Å². The molecule has 5 N–H and O–H groups in total. The number of carbonyl (C=O) groups excluding carboxylic acids is 1. The molecule has 1 amide bonds. The zero-order valence-electron chi connectivity index (χ0n) is 22.5. The molecule has 0 radical (unpaired) electrons. The number of hydrogen-bond donors (Lipinski definition) is 3. The molecule has 40 heavy (non-hydrogen) atoms. The molecule has 204 valence electrons. The molecule has 0 bridgehead atoms. The van der Waals surface area contributed by atoms with E-state index in [0.29, 0.717) is 42.3 Å². The predicted molar refractivity (Wildman–Crippen MR) is 155 cm³/mol. The van der Waals surface area contributed by atoms with E-state index in [4.69, 9.17) is 20.9 Å². The summed E-state index contributed by atoms with van der Waals surface area (Å²) in [6.45, 7) is 0.568. The normalized spacial score (nSPS) is 14.7. The van der Waals surface area contributed by atoms with E-state index < -0.39 is 0 Å². The highest BCUT2D eigenvalue weighted by Gasteiger charge is 2.30. The molecule has 2 heterocycles. The summed E-state index contributed by atoms with van der Waals surface area (Å²) in [5, 5.41) is 1.71. The van der Waals surface area contributed by atoms with Crippen molar-refractivity contribution >= 4 is 23.7 Å². The number of nitrogen functional groups attached to an aromatic ring is 2. The summed E-state index contributed by atoms with van der Waals surface area (Å²) in [5.41, 5.74) is 20.8. The minimum Gasteiger partial charge on any atom is -0.493 e. The fourth-order valence-electron chi connectivity index (χ4n) is 5.02. The summed E-state index contributed by atoms with van der Waals surface area (Å²) < 4.78 is 11.3. The van der Waals surface area contributed by atoms with Gasteiger partial charge in [0, 0.05) is 36.4 Å². The minimum absolute atomic E-state index is 0.121. The molecular weight excluding hydrogens is 504 g/mol. The van der Waals surface area contributed by atoms with Crippen LogP contribution in [0.3, 0.4) is 0 Å². The van der Waals surface area contributed by atoms with Gasteiger partial charge in [-0.05, 0) is 46.9 Å². The molecule has 1 aromatic heterocycles. The van der Waals surface area contributed by atoms with Crippen LogP contribution in [0.25, 0.3) is 6.08 Å².